The van der Waals surface area contributed by atoms with E-state index in [9.17, 15) is 0 Å². The molecule has 1 heterocycles. The van der Waals surface area contributed by atoms with E-state index in [0.717, 1.165) is 23.9 Å². The first-order valence-corrected chi connectivity index (χ1v) is 4.71. The van der Waals surface area contributed by atoms with Crippen molar-refractivity contribution in [1.82, 2.24) is 5.32 Å². The number of ether oxygens (including phenoxy) is 1. The Hall–Kier alpha value is -0.730. The van der Waals surface area contributed by atoms with E-state index in [-0.39, 0.29) is 5.60 Å². The fraction of sp³-hybridized carbons (Fsp3) is 0.400. The van der Waals surface area contributed by atoms with Crippen LogP contribution in [-0.2, 0) is 0 Å². The van der Waals surface area contributed by atoms with E-state index >= 15 is 0 Å². The van der Waals surface area contributed by atoms with Crippen LogP contribution in [0.2, 0.25) is 5.02 Å². The zero-order valence-corrected chi connectivity index (χ0v) is 8.27. The van der Waals surface area contributed by atoms with Crippen molar-refractivity contribution in [2.24, 2.45) is 0 Å². The molecule has 0 spiro atoms. The lowest BCUT2D eigenvalue weighted by atomic mass is 10.00. The Morgan fingerprint density at radius 1 is 1.31 bits per heavy atom. The highest BCUT2D eigenvalue weighted by Gasteiger charge is 2.33. The molecule has 0 bridgehead atoms. The van der Waals surface area contributed by atoms with Crippen LogP contribution in [0.1, 0.15) is 6.92 Å². The average Bonchev–Trinajstić information content (AvgIpc) is 2.06. The van der Waals surface area contributed by atoms with Crippen LogP contribution in [0.5, 0.6) is 5.75 Å². The van der Waals surface area contributed by atoms with Gasteiger partial charge in [0.05, 0.1) is 0 Å². The number of hydrogen-bond donors (Lipinski definition) is 1. The van der Waals surface area contributed by atoms with Crippen LogP contribution < -0.4 is 10.1 Å². The largest absolute Gasteiger partial charge is 0.485 e. The molecule has 1 aliphatic heterocycles. The van der Waals surface area contributed by atoms with Gasteiger partial charge in [-0.05, 0) is 31.2 Å². The highest BCUT2D eigenvalue weighted by Crippen LogP contribution is 2.22. The van der Waals surface area contributed by atoms with Crippen molar-refractivity contribution in [3.8, 4) is 5.75 Å². The van der Waals surface area contributed by atoms with Gasteiger partial charge in [0.15, 0.2) is 0 Å². The molecule has 0 radical (unpaired) electrons. The van der Waals surface area contributed by atoms with E-state index < -0.39 is 0 Å². The molecule has 2 rings (SSSR count). The van der Waals surface area contributed by atoms with Crippen molar-refractivity contribution in [2.75, 3.05) is 13.1 Å². The van der Waals surface area contributed by atoms with Gasteiger partial charge in [-0.25, -0.2) is 0 Å². The van der Waals surface area contributed by atoms with Crippen LogP contribution in [0.25, 0.3) is 0 Å². The van der Waals surface area contributed by atoms with E-state index in [1.807, 2.05) is 24.3 Å². The van der Waals surface area contributed by atoms with Gasteiger partial charge in [-0.2, -0.15) is 0 Å². The van der Waals surface area contributed by atoms with Crippen molar-refractivity contribution in [2.45, 2.75) is 12.5 Å². The predicted molar refractivity (Wildman–Crippen MR) is 53.4 cm³/mol. The molecule has 70 valence electrons. The SMILES string of the molecule is CC1(Oc2ccc(Cl)cc2)CNC1. The first-order chi connectivity index (χ1) is 6.18. The van der Waals surface area contributed by atoms with Crippen LogP contribution in [-0.4, -0.2) is 18.7 Å². The normalized spacial score (nSPS) is 19.2. The maximum atomic E-state index is 5.77. The second-order valence-corrected chi connectivity index (χ2v) is 4.05. The Kier molecular flexibility index (Phi) is 2.18. The predicted octanol–water partition coefficient (Wildman–Crippen LogP) is 2.08. The van der Waals surface area contributed by atoms with Crippen molar-refractivity contribution < 1.29 is 4.74 Å². The summed E-state index contributed by atoms with van der Waals surface area (Å²) in [6.07, 6.45) is 0. The second kappa shape index (κ2) is 3.20. The molecule has 13 heavy (non-hydrogen) atoms. The summed E-state index contributed by atoms with van der Waals surface area (Å²) in [5.74, 6) is 0.883. The third-order valence-electron chi connectivity index (χ3n) is 2.18. The second-order valence-electron chi connectivity index (χ2n) is 3.61. The minimum atomic E-state index is -0.0339. The molecule has 1 N–H and O–H groups in total. The van der Waals surface area contributed by atoms with Gasteiger partial charge < -0.3 is 10.1 Å². The van der Waals surface area contributed by atoms with Gasteiger partial charge in [-0.15, -0.1) is 0 Å². The quantitative estimate of drug-likeness (QED) is 0.784. The summed E-state index contributed by atoms with van der Waals surface area (Å²) in [4.78, 5) is 0. The van der Waals surface area contributed by atoms with Gasteiger partial charge in [0.25, 0.3) is 0 Å². The fourth-order valence-electron chi connectivity index (χ4n) is 1.34. The summed E-state index contributed by atoms with van der Waals surface area (Å²) in [6, 6.07) is 7.47. The van der Waals surface area contributed by atoms with Crippen molar-refractivity contribution in [1.29, 1.82) is 0 Å². The van der Waals surface area contributed by atoms with Crippen molar-refractivity contribution >= 4 is 11.6 Å². The van der Waals surface area contributed by atoms with E-state index in [1.54, 1.807) is 0 Å². The minimum absolute atomic E-state index is 0.0339. The zero-order valence-electron chi connectivity index (χ0n) is 7.51. The molecular weight excluding hydrogens is 186 g/mol. The molecular formula is C10H12ClNO. The number of rotatable bonds is 2. The molecule has 0 unspecified atom stereocenters. The molecule has 1 aromatic carbocycles. The lowest BCUT2D eigenvalue weighted by Gasteiger charge is -2.39. The monoisotopic (exact) mass is 197 g/mol. The molecule has 0 saturated carbocycles. The third kappa shape index (κ3) is 1.95. The lowest BCUT2D eigenvalue weighted by Crippen LogP contribution is -2.60. The molecule has 0 aromatic heterocycles. The Balaban J connectivity index is 2.05. The molecule has 1 aromatic rings. The van der Waals surface area contributed by atoms with Crippen molar-refractivity contribution in [3.63, 3.8) is 0 Å². The standard InChI is InChI=1S/C10H12ClNO/c1-10(6-12-7-10)13-9-4-2-8(11)3-5-9/h2-5,12H,6-7H2,1H3. The molecule has 0 aliphatic carbocycles. The first-order valence-electron chi connectivity index (χ1n) is 4.33. The van der Waals surface area contributed by atoms with Gasteiger partial charge in [-0.3, -0.25) is 0 Å². The van der Waals surface area contributed by atoms with E-state index in [2.05, 4.69) is 12.2 Å². The number of benzene rings is 1. The van der Waals surface area contributed by atoms with E-state index in [1.165, 1.54) is 0 Å². The lowest BCUT2D eigenvalue weighted by molar-refractivity contribution is 0.0349. The molecule has 1 saturated heterocycles. The molecule has 0 amide bonds. The highest BCUT2D eigenvalue weighted by molar-refractivity contribution is 6.30. The summed E-state index contributed by atoms with van der Waals surface area (Å²) in [5.41, 5.74) is -0.0339. The van der Waals surface area contributed by atoms with Gasteiger partial charge in [-0.1, -0.05) is 11.6 Å². The fourth-order valence-corrected chi connectivity index (χ4v) is 1.46. The topological polar surface area (TPSA) is 21.3 Å². The maximum Gasteiger partial charge on any atom is 0.131 e. The smallest absolute Gasteiger partial charge is 0.131 e. The Morgan fingerprint density at radius 3 is 2.38 bits per heavy atom. The molecule has 1 aliphatic rings. The number of hydrogen-bond acceptors (Lipinski definition) is 2. The van der Waals surface area contributed by atoms with Crippen LogP contribution in [0.3, 0.4) is 0 Å². The van der Waals surface area contributed by atoms with Gasteiger partial charge in [0, 0.05) is 18.1 Å². The molecule has 1 fully saturated rings. The van der Waals surface area contributed by atoms with E-state index in [4.69, 9.17) is 16.3 Å². The Labute approximate surface area is 82.9 Å². The minimum Gasteiger partial charge on any atom is -0.485 e. The summed E-state index contributed by atoms with van der Waals surface area (Å²) >= 11 is 5.76. The Morgan fingerprint density at radius 2 is 1.92 bits per heavy atom. The number of halogens is 1. The third-order valence-corrected chi connectivity index (χ3v) is 2.43. The highest BCUT2D eigenvalue weighted by atomic mass is 35.5. The molecule has 2 nitrogen and oxygen atoms in total. The summed E-state index contributed by atoms with van der Waals surface area (Å²) in [5, 5.41) is 3.92. The van der Waals surface area contributed by atoms with Crippen molar-refractivity contribution in [3.05, 3.63) is 29.3 Å². The summed E-state index contributed by atoms with van der Waals surface area (Å²) in [6.45, 7) is 3.92. The van der Waals surface area contributed by atoms with Gasteiger partial charge in [0.2, 0.25) is 0 Å². The summed E-state index contributed by atoms with van der Waals surface area (Å²) < 4.78 is 5.77. The maximum absolute atomic E-state index is 5.77. The van der Waals surface area contributed by atoms with Crippen LogP contribution in [0.4, 0.5) is 0 Å². The van der Waals surface area contributed by atoms with E-state index in [0.29, 0.717) is 0 Å². The Bertz CT molecular complexity index is 292. The zero-order chi connectivity index (χ0) is 9.31. The summed E-state index contributed by atoms with van der Waals surface area (Å²) in [7, 11) is 0. The first kappa shape index (κ1) is 8.85. The van der Waals surface area contributed by atoms with Crippen LogP contribution in [0, 0.1) is 0 Å². The number of nitrogens with one attached hydrogen (secondary N) is 1. The van der Waals surface area contributed by atoms with Crippen LogP contribution >= 0.6 is 11.6 Å². The molecule has 0 atom stereocenters. The van der Waals surface area contributed by atoms with Crippen LogP contribution in [0.15, 0.2) is 24.3 Å². The van der Waals surface area contributed by atoms with Gasteiger partial charge >= 0.3 is 0 Å². The average molecular weight is 198 g/mol. The van der Waals surface area contributed by atoms with Gasteiger partial charge in [0.1, 0.15) is 11.4 Å². The molecule has 3 heteroatoms.